The van der Waals surface area contributed by atoms with E-state index in [9.17, 15) is 4.79 Å². The second kappa shape index (κ2) is 4.30. The molecule has 1 heterocycles. The van der Waals surface area contributed by atoms with Gasteiger partial charge in [0, 0.05) is 0 Å². The highest BCUT2D eigenvalue weighted by Gasteiger charge is 2.08. The van der Waals surface area contributed by atoms with Gasteiger partial charge in [-0.1, -0.05) is 35.9 Å². The summed E-state index contributed by atoms with van der Waals surface area (Å²) in [4.78, 5) is 12.4. The molecular formula is C16H14O2. The molecule has 90 valence electrons. The summed E-state index contributed by atoms with van der Waals surface area (Å²) in [6.45, 7) is 2.02. The molecule has 2 heteroatoms. The summed E-state index contributed by atoms with van der Waals surface area (Å²) in [5, 5.41) is 0.709. The Morgan fingerprint density at radius 2 is 2.00 bits per heavy atom. The Kier molecular flexibility index (Phi) is 2.63. The van der Waals surface area contributed by atoms with Crippen LogP contribution in [-0.4, -0.2) is 0 Å². The molecule has 1 aromatic heterocycles. The molecule has 0 bridgehead atoms. The predicted octanol–water partition coefficient (Wildman–Crippen LogP) is 1.97. The first-order valence-corrected chi connectivity index (χ1v) is 6.15. The zero-order valence-electron chi connectivity index (χ0n) is 10.3. The summed E-state index contributed by atoms with van der Waals surface area (Å²) in [6.07, 6.45) is 7.39. The molecule has 0 aliphatic heterocycles. The van der Waals surface area contributed by atoms with Crippen molar-refractivity contribution >= 4 is 12.2 Å². The summed E-state index contributed by atoms with van der Waals surface area (Å²) < 4.78 is 5.57. The first-order valence-electron chi connectivity index (χ1n) is 6.15. The number of rotatable bonds is 1. The summed E-state index contributed by atoms with van der Waals surface area (Å²) in [5.74, 6) is 0. The fourth-order valence-electron chi connectivity index (χ4n) is 2.30. The largest absolute Gasteiger partial charge is 0.464 e. The number of hydrogen-bond acceptors (Lipinski definition) is 2. The van der Waals surface area contributed by atoms with Gasteiger partial charge in [-0.25, -0.2) is 0 Å². The van der Waals surface area contributed by atoms with Gasteiger partial charge in [0.1, 0.15) is 11.7 Å². The van der Waals surface area contributed by atoms with Crippen LogP contribution in [0.15, 0.2) is 39.7 Å². The minimum atomic E-state index is 0.0674. The minimum absolute atomic E-state index is 0.0674. The second-order valence-electron chi connectivity index (χ2n) is 4.61. The first-order chi connectivity index (χ1) is 8.75. The van der Waals surface area contributed by atoms with Gasteiger partial charge < -0.3 is 4.42 Å². The predicted molar refractivity (Wildman–Crippen MR) is 72.6 cm³/mol. The van der Waals surface area contributed by atoms with Crippen molar-refractivity contribution in [3.05, 3.63) is 56.9 Å². The van der Waals surface area contributed by atoms with Crippen LogP contribution in [0, 0.1) is 6.92 Å². The van der Waals surface area contributed by atoms with Crippen LogP contribution < -0.4 is 16.1 Å². The Morgan fingerprint density at radius 3 is 2.83 bits per heavy atom. The van der Waals surface area contributed by atoms with Crippen LogP contribution in [0.25, 0.3) is 23.3 Å². The summed E-state index contributed by atoms with van der Waals surface area (Å²) in [7, 11) is 0. The van der Waals surface area contributed by atoms with Crippen LogP contribution in [0.4, 0.5) is 0 Å². The lowest BCUT2D eigenvalue weighted by atomic mass is 10.0. The molecule has 0 fully saturated rings. The van der Waals surface area contributed by atoms with E-state index in [0.717, 1.165) is 24.0 Å². The maximum atomic E-state index is 12.4. The molecular weight excluding hydrogens is 224 g/mol. The Hall–Kier alpha value is -2.09. The quantitative estimate of drug-likeness (QED) is 0.760. The fraction of sp³-hybridized carbons (Fsp3) is 0.188. The van der Waals surface area contributed by atoms with Crippen LogP contribution in [0.5, 0.6) is 0 Å². The van der Waals surface area contributed by atoms with E-state index in [1.54, 1.807) is 6.26 Å². The number of aryl methyl sites for hydroxylation is 1. The minimum Gasteiger partial charge on any atom is -0.464 e. The Bertz CT molecular complexity index is 766. The lowest BCUT2D eigenvalue weighted by Gasteiger charge is -2.04. The third-order valence-corrected chi connectivity index (χ3v) is 3.23. The molecule has 0 atom stereocenters. The van der Waals surface area contributed by atoms with E-state index in [2.05, 4.69) is 0 Å². The molecule has 0 N–H and O–H groups in total. The molecule has 1 aliphatic carbocycles. The molecule has 2 aromatic rings. The van der Waals surface area contributed by atoms with Crippen molar-refractivity contribution in [1.82, 2.24) is 0 Å². The van der Waals surface area contributed by atoms with E-state index >= 15 is 0 Å². The second-order valence-corrected chi connectivity index (χ2v) is 4.61. The van der Waals surface area contributed by atoms with Crippen LogP contribution in [0.2, 0.25) is 0 Å². The lowest BCUT2D eigenvalue weighted by Crippen LogP contribution is -2.40. The highest BCUT2D eigenvalue weighted by Crippen LogP contribution is 2.15. The molecule has 3 rings (SSSR count). The Labute approximate surface area is 105 Å². The molecule has 0 radical (unpaired) electrons. The van der Waals surface area contributed by atoms with Crippen LogP contribution >= 0.6 is 0 Å². The summed E-state index contributed by atoms with van der Waals surface area (Å²) in [5.41, 5.74) is 3.48. The van der Waals surface area contributed by atoms with Crippen molar-refractivity contribution in [3.63, 3.8) is 0 Å². The maximum absolute atomic E-state index is 12.4. The van der Waals surface area contributed by atoms with E-state index in [1.807, 2.05) is 43.3 Å². The topological polar surface area (TPSA) is 30.2 Å². The highest BCUT2D eigenvalue weighted by atomic mass is 16.3. The van der Waals surface area contributed by atoms with Crippen molar-refractivity contribution < 1.29 is 4.42 Å². The molecule has 2 nitrogen and oxygen atoms in total. The Morgan fingerprint density at radius 1 is 1.17 bits per heavy atom. The van der Waals surface area contributed by atoms with E-state index in [4.69, 9.17) is 4.42 Å². The Balaban J connectivity index is 2.31. The zero-order valence-corrected chi connectivity index (χ0v) is 10.3. The van der Waals surface area contributed by atoms with Gasteiger partial charge in [-0.15, -0.1) is 0 Å². The van der Waals surface area contributed by atoms with Crippen molar-refractivity contribution in [2.24, 2.45) is 0 Å². The van der Waals surface area contributed by atoms with E-state index in [1.165, 1.54) is 0 Å². The number of benzene rings is 1. The van der Waals surface area contributed by atoms with Gasteiger partial charge in [0.2, 0.25) is 0 Å². The summed E-state index contributed by atoms with van der Waals surface area (Å²) >= 11 is 0. The molecule has 0 spiro atoms. The smallest absolute Gasteiger partial charge is 0.200 e. The van der Waals surface area contributed by atoms with Crippen molar-refractivity contribution in [3.8, 4) is 11.1 Å². The molecule has 1 aliphatic rings. The average Bonchev–Trinajstić information content (AvgIpc) is 2.39. The molecule has 0 unspecified atom stereocenters. The van der Waals surface area contributed by atoms with Gasteiger partial charge in [-0.3, -0.25) is 4.79 Å². The number of hydrogen-bond donors (Lipinski definition) is 0. The van der Waals surface area contributed by atoms with Crippen molar-refractivity contribution in [2.75, 3.05) is 0 Å². The maximum Gasteiger partial charge on any atom is 0.200 e. The molecule has 18 heavy (non-hydrogen) atoms. The standard InChI is InChI=1S/C16H14O2/c1-11-5-4-6-12(9-11)14-10-18-15-8-3-2-7-13(15)16(14)17/h4-10H,2-3H2,1H3. The molecule has 0 saturated carbocycles. The van der Waals surface area contributed by atoms with Crippen molar-refractivity contribution in [1.29, 1.82) is 0 Å². The monoisotopic (exact) mass is 238 g/mol. The third-order valence-electron chi connectivity index (χ3n) is 3.23. The zero-order chi connectivity index (χ0) is 12.5. The van der Waals surface area contributed by atoms with Gasteiger partial charge in [0.05, 0.1) is 10.8 Å². The normalized spacial score (nSPS) is 13.4. The van der Waals surface area contributed by atoms with Crippen LogP contribution in [0.3, 0.4) is 0 Å². The number of fused-ring (bicyclic) bond motifs is 1. The van der Waals surface area contributed by atoms with Crippen molar-refractivity contribution in [2.45, 2.75) is 19.8 Å². The van der Waals surface area contributed by atoms with E-state index < -0.39 is 0 Å². The summed E-state index contributed by atoms with van der Waals surface area (Å²) in [6, 6.07) is 7.92. The van der Waals surface area contributed by atoms with Gasteiger partial charge in [0.15, 0.2) is 5.43 Å². The molecule has 0 amide bonds. The first kappa shape index (κ1) is 11.0. The van der Waals surface area contributed by atoms with E-state index in [0.29, 0.717) is 16.2 Å². The van der Waals surface area contributed by atoms with Gasteiger partial charge in [-0.2, -0.15) is 0 Å². The highest BCUT2D eigenvalue weighted by molar-refractivity contribution is 5.63. The lowest BCUT2D eigenvalue weighted by molar-refractivity contribution is 0.506. The van der Waals surface area contributed by atoms with Gasteiger partial charge in [-0.05, 0) is 31.4 Å². The average molecular weight is 238 g/mol. The van der Waals surface area contributed by atoms with Crippen LogP contribution in [0.1, 0.15) is 18.4 Å². The molecule has 1 aromatic carbocycles. The van der Waals surface area contributed by atoms with Crippen LogP contribution in [-0.2, 0) is 0 Å². The van der Waals surface area contributed by atoms with Gasteiger partial charge >= 0.3 is 0 Å². The third kappa shape index (κ3) is 1.80. The molecule has 0 saturated heterocycles. The fourth-order valence-corrected chi connectivity index (χ4v) is 2.30. The van der Waals surface area contributed by atoms with Gasteiger partial charge in [0.25, 0.3) is 0 Å². The SMILES string of the molecule is Cc1cccc(-c2coc3c(c2=O)=CCCC=3)c1. The van der Waals surface area contributed by atoms with E-state index in [-0.39, 0.29) is 5.43 Å².